The number of likely N-dealkylation sites (tertiary alicyclic amines) is 1. The number of hydrogen-bond acceptors (Lipinski definition) is 5. The predicted molar refractivity (Wildman–Crippen MR) is 135 cm³/mol. The van der Waals surface area contributed by atoms with Gasteiger partial charge in [0.2, 0.25) is 11.8 Å². The highest BCUT2D eigenvalue weighted by molar-refractivity contribution is 5.94. The van der Waals surface area contributed by atoms with Gasteiger partial charge >= 0.3 is 0 Å². The van der Waals surface area contributed by atoms with Crippen LogP contribution in [0.25, 0.3) is 22.9 Å². The fraction of sp³-hybridized carbons (Fsp3) is 0.276. The molecule has 178 valence electrons. The first-order valence-electron chi connectivity index (χ1n) is 12.0. The second-order valence-corrected chi connectivity index (χ2v) is 9.09. The third-order valence-electron chi connectivity index (χ3n) is 6.76. The second-order valence-electron chi connectivity index (χ2n) is 9.09. The van der Waals surface area contributed by atoms with Crippen molar-refractivity contribution in [3.05, 3.63) is 89.5 Å². The molecule has 0 atom stereocenters. The van der Waals surface area contributed by atoms with Gasteiger partial charge in [-0.2, -0.15) is 0 Å². The molecule has 5 rings (SSSR count). The van der Waals surface area contributed by atoms with Crippen molar-refractivity contribution in [2.45, 2.75) is 26.2 Å². The molecule has 35 heavy (non-hydrogen) atoms. The summed E-state index contributed by atoms with van der Waals surface area (Å²) in [7, 11) is 1.68. The van der Waals surface area contributed by atoms with E-state index >= 15 is 0 Å². The van der Waals surface area contributed by atoms with Crippen LogP contribution in [-0.4, -0.2) is 41.2 Å². The Hall–Kier alpha value is -3.93. The average molecular weight is 468 g/mol. The number of aryl methyl sites for hydroxylation is 1. The lowest BCUT2D eigenvalue weighted by Gasteiger charge is -2.32. The summed E-state index contributed by atoms with van der Waals surface area (Å²) in [5.74, 6) is 2.49. The van der Waals surface area contributed by atoms with Crippen molar-refractivity contribution < 1.29 is 13.9 Å². The number of nitrogens with zero attached hydrogens (tertiary/aromatic N) is 3. The summed E-state index contributed by atoms with van der Waals surface area (Å²) in [6.45, 7) is 3.58. The molecule has 1 fully saturated rings. The Morgan fingerprint density at radius 2 is 1.63 bits per heavy atom. The summed E-state index contributed by atoms with van der Waals surface area (Å²) in [5.41, 5.74) is 4.80. The number of hydrogen-bond donors (Lipinski definition) is 0. The molecular formula is C29H29N3O3. The van der Waals surface area contributed by atoms with Gasteiger partial charge in [0.1, 0.15) is 5.75 Å². The topological polar surface area (TPSA) is 68.5 Å². The molecule has 0 N–H and O–H groups in total. The number of piperidine rings is 1. The van der Waals surface area contributed by atoms with Crippen molar-refractivity contribution in [1.29, 1.82) is 0 Å². The van der Waals surface area contributed by atoms with E-state index in [2.05, 4.69) is 22.3 Å². The van der Waals surface area contributed by atoms with Gasteiger partial charge in [0.15, 0.2) is 0 Å². The molecule has 2 heterocycles. The Labute approximate surface area is 205 Å². The van der Waals surface area contributed by atoms with Gasteiger partial charge in [-0.15, -0.1) is 10.2 Å². The quantitative estimate of drug-likeness (QED) is 0.358. The van der Waals surface area contributed by atoms with E-state index in [4.69, 9.17) is 9.15 Å². The zero-order valence-electron chi connectivity index (χ0n) is 20.1. The minimum atomic E-state index is 0.0746. The molecule has 0 radical (unpaired) electrons. The van der Waals surface area contributed by atoms with E-state index in [1.54, 1.807) is 7.11 Å². The van der Waals surface area contributed by atoms with E-state index in [-0.39, 0.29) is 5.91 Å². The van der Waals surface area contributed by atoms with Crippen LogP contribution in [0.3, 0.4) is 0 Å². The number of benzene rings is 3. The van der Waals surface area contributed by atoms with Gasteiger partial charge in [-0.1, -0.05) is 30.3 Å². The number of aromatic nitrogens is 2. The Balaban J connectivity index is 1.19. The first kappa shape index (κ1) is 22.8. The molecule has 1 saturated heterocycles. The van der Waals surface area contributed by atoms with E-state index in [0.29, 0.717) is 23.3 Å². The predicted octanol–water partition coefficient (Wildman–Crippen LogP) is 5.82. The van der Waals surface area contributed by atoms with Gasteiger partial charge in [0.05, 0.1) is 7.11 Å². The smallest absolute Gasteiger partial charge is 0.253 e. The first-order chi connectivity index (χ1) is 17.1. The number of amides is 1. The molecule has 1 amide bonds. The van der Waals surface area contributed by atoms with Crippen LogP contribution in [0.5, 0.6) is 5.75 Å². The van der Waals surface area contributed by atoms with Gasteiger partial charge < -0.3 is 14.1 Å². The summed E-state index contributed by atoms with van der Waals surface area (Å²) in [6, 6.07) is 23.6. The minimum Gasteiger partial charge on any atom is -0.497 e. The summed E-state index contributed by atoms with van der Waals surface area (Å²) < 4.78 is 11.1. The van der Waals surface area contributed by atoms with Crippen LogP contribution in [0, 0.1) is 12.8 Å². The molecule has 1 aromatic heterocycles. The maximum absolute atomic E-state index is 13.1. The fourth-order valence-electron chi connectivity index (χ4n) is 4.63. The minimum absolute atomic E-state index is 0.0746. The van der Waals surface area contributed by atoms with Gasteiger partial charge in [-0.3, -0.25) is 4.79 Å². The largest absolute Gasteiger partial charge is 0.497 e. The molecule has 0 saturated carbocycles. The van der Waals surface area contributed by atoms with Crippen LogP contribution in [-0.2, 0) is 6.42 Å². The van der Waals surface area contributed by atoms with E-state index in [1.165, 1.54) is 5.56 Å². The van der Waals surface area contributed by atoms with Gasteiger partial charge in [0, 0.05) is 29.8 Å². The van der Waals surface area contributed by atoms with Crippen molar-refractivity contribution in [1.82, 2.24) is 15.1 Å². The highest BCUT2D eigenvalue weighted by atomic mass is 16.5. The molecule has 6 nitrogen and oxygen atoms in total. The second kappa shape index (κ2) is 10.1. The molecule has 0 unspecified atom stereocenters. The Kier molecular flexibility index (Phi) is 6.62. The lowest BCUT2D eigenvalue weighted by Crippen LogP contribution is -2.38. The number of ether oxygens (including phenoxy) is 1. The van der Waals surface area contributed by atoms with Crippen LogP contribution in [0.15, 0.2) is 77.2 Å². The van der Waals surface area contributed by atoms with Crippen LogP contribution >= 0.6 is 0 Å². The first-order valence-corrected chi connectivity index (χ1v) is 12.0. The highest BCUT2D eigenvalue weighted by Gasteiger charge is 2.24. The molecule has 4 aromatic rings. The number of carbonyl (C=O) groups is 1. The SMILES string of the molecule is COc1ccc(CC2CCN(C(=O)c3ccc(-c4nnc(-c5ccccc5C)o4)cc3)CC2)cc1. The van der Waals surface area contributed by atoms with Crippen molar-refractivity contribution in [3.8, 4) is 28.7 Å². The standard InChI is InChI=1S/C29H29N3O3/c1-20-5-3-4-6-26(20)28-31-30-27(35-28)23-9-11-24(12-10-23)29(33)32-17-15-22(16-18-32)19-21-7-13-25(34-2)14-8-21/h3-14,22H,15-19H2,1-2H3. The maximum atomic E-state index is 13.1. The van der Waals surface area contributed by atoms with Gasteiger partial charge in [-0.05, 0) is 85.7 Å². The highest BCUT2D eigenvalue weighted by Crippen LogP contribution is 2.27. The molecule has 0 spiro atoms. The van der Waals surface area contributed by atoms with E-state index in [1.807, 2.05) is 72.5 Å². The normalized spacial score (nSPS) is 14.2. The van der Waals surface area contributed by atoms with Crippen LogP contribution in [0.2, 0.25) is 0 Å². The molecule has 0 aliphatic carbocycles. The zero-order chi connectivity index (χ0) is 24.2. The van der Waals surface area contributed by atoms with Crippen LogP contribution < -0.4 is 4.74 Å². The fourth-order valence-corrected chi connectivity index (χ4v) is 4.63. The lowest BCUT2D eigenvalue weighted by atomic mass is 9.90. The van der Waals surface area contributed by atoms with Gasteiger partial charge in [-0.25, -0.2) is 0 Å². The molecule has 0 bridgehead atoms. The van der Waals surface area contributed by atoms with E-state index in [9.17, 15) is 4.79 Å². The number of rotatable bonds is 6. The Bertz CT molecular complexity index is 1290. The summed E-state index contributed by atoms with van der Waals surface area (Å²) in [5, 5.41) is 8.40. The van der Waals surface area contributed by atoms with Crippen molar-refractivity contribution >= 4 is 5.91 Å². The summed E-state index contributed by atoms with van der Waals surface area (Å²) >= 11 is 0. The summed E-state index contributed by atoms with van der Waals surface area (Å²) in [4.78, 5) is 15.0. The van der Waals surface area contributed by atoms with Crippen molar-refractivity contribution in [2.24, 2.45) is 5.92 Å². The molecular weight excluding hydrogens is 438 g/mol. The van der Waals surface area contributed by atoms with Crippen molar-refractivity contribution in [2.75, 3.05) is 20.2 Å². The Morgan fingerprint density at radius 1 is 0.943 bits per heavy atom. The Morgan fingerprint density at radius 3 is 2.31 bits per heavy atom. The van der Waals surface area contributed by atoms with Crippen LogP contribution in [0.1, 0.15) is 34.3 Å². The molecule has 3 aromatic carbocycles. The monoisotopic (exact) mass is 467 g/mol. The average Bonchev–Trinajstić information content (AvgIpc) is 3.40. The maximum Gasteiger partial charge on any atom is 0.253 e. The van der Waals surface area contributed by atoms with Gasteiger partial charge in [0.25, 0.3) is 5.91 Å². The molecule has 1 aliphatic rings. The third-order valence-corrected chi connectivity index (χ3v) is 6.76. The third kappa shape index (κ3) is 5.11. The lowest BCUT2D eigenvalue weighted by molar-refractivity contribution is 0.0690. The molecule has 1 aliphatic heterocycles. The van der Waals surface area contributed by atoms with Crippen LogP contribution in [0.4, 0.5) is 0 Å². The number of carbonyl (C=O) groups excluding carboxylic acids is 1. The summed E-state index contributed by atoms with van der Waals surface area (Å²) in [6.07, 6.45) is 3.06. The molecule has 6 heteroatoms. The number of methoxy groups -OCH3 is 1. The van der Waals surface area contributed by atoms with E-state index < -0.39 is 0 Å². The zero-order valence-corrected chi connectivity index (χ0v) is 20.1. The van der Waals surface area contributed by atoms with E-state index in [0.717, 1.165) is 54.8 Å². The van der Waals surface area contributed by atoms with Crippen molar-refractivity contribution in [3.63, 3.8) is 0 Å².